The monoisotopic (exact) mass is 417 g/mol. The topological polar surface area (TPSA) is 98.1 Å². The maximum Gasteiger partial charge on any atom is 0.408 e. The second-order valence-electron chi connectivity index (χ2n) is 8.66. The van der Waals surface area contributed by atoms with Gasteiger partial charge in [-0.15, -0.1) is 0 Å². The van der Waals surface area contributed by atoms with Crippen LogP contribution in [0.2, 0.25) is 0 Å². The number of carbonyl (C=O) groups excluding carboxylic acids is 2. The molecule has 8 nitrogen and oxygen atoms in total. The van der Waals surface area contributed by atoms with Crippen LogP contribution in [0, 0.1) is 5.92 Å². The Balaban J connectivity index is 2.02. The van der Waals surface area contributed by atoms with Crippen molar-refractivity contribution in [2.45, 2.75) is 58.4 Å². The largest absolute Gasteiger partial charge is 0.444 e. The summed E-state index contributed by atoms with van der Waals surface area (Å²) < 4.78 is 21.9. The van der Waals surface area contributed by atoms with Gasteiger partial charge in [0.1, 0.15) is 11.8 Å². The smallest absolute Gasteiger partial charge is 0.408 e. The second-order valence-corrected chi connectivity index (χ2v) is 8.66. The summed E-state index contributed by atoms with van der Waals surface area (Å²) in [7, 11) is 1.77. The molecule has 0 saturated heterocycles. The first-order valence-electron chi connectivity index (χ1n) is 9.96. The van der Waals surface area contributed by atoms with Gasteiger partial charge in [-0.3, -0.25) is 14.5 Å². The summed E-state index contributed by atoms with van der Waals surface area (Å²) in [6.07, 6.45) is 1.19. The molecule has 3 heterocycles. The third-order valence-electron chi connectivity index (χ3n) is 4.85. The number of nitrogens with zero attached hydrogens (tertiary/aromatic N) is 3. The van der Waals surface area contributed by atoms with Gasteiger partial charge in [-0.2, -0.15) is 5.10 Å². The lowest BCUT2D eigenvalue weighted by Crippen LogP contribution is -2.36. The molecule has 30 heavy (non-hydrogen) atoms. The van der Waals surface area contributed by atoms with Crippen molar-refractivity contribution in [1.82, 2.24) is 20.1 Å². The van der Waals surface area contributed by atoms with E-state index in [9.17, 15) is 14.0 Å². The Hall–Kier alpha value is -2.97. The Bertz CT molecular complexity index is 937. The van der Waals surface area contributed by atoms with Crippen LogP contribution >= 0.6 is 0 Å². The van der Waals surface area contributed by atoms with E-state index in [0.29, 0.717) is 17.1 Å². The van der Waals surface area contributed by atoms with E-state index in [2.05, 4.69) is 20.7 Å². The fourth-order valence-electron chi connectivity index (χ4n) is 3.46. The van der Waals surface area contributed by atoms with Gasteiger partial charge in [0.2, 0.25) is 5.91 Å². The van der Waals surface area contributed by atoms with Crippen LogP contribution in [0.4, 0.5) is 14.9 Å². The van der Waals surface area contributed by atoms with Crippen LogP contribution < -0.4 is 10.6 Å². The van der Waals surface area contributed by atoms with E-state index in [1.165, 1.54) is 0 Å². The number of fused-ring (bicyclic) bond motifs is 4. The summed E-state index contributed by atoms with van der Waals surface area (Å²) in [4.78, 5) is 29.3. The van der Waals surface area contributed by atoms with E-state index in [1.807, 2.05) is 0 Å². The molecule has 2 aromatic heterocycles. The van der Waals surface area contributed by atoms with Crippen molar-refractivity contribution in [1.29, 1.82) is 0 Å². The van der Waals surface area contributed by atoms with Gasteiger partial charge in [-0.25, -0.2) is 9.18 Å². The minimum absolute atomic E-state index is 0.0214. The molecule has 3 rings (SSSR count). The summed E-state index contributed by atoms with van der Waals surface area (Å²) in [6, 6.07) is 2.84. The maximum absolute atomic E-state index is 14.9. The van der Waals surface area contributed by atoms with Crippen molar-refractivity contribution >= 4 is 17.7 Å². The number of hydrogen-bond acceptors (Lipinski definition) is 5. The highest BCUT2D eigenvalue weighted by atomic mass is 19.1. The number of alkyl halides is 1. The Morgan fingerprint density at radius 1 is 1.37 bits per heavy atom. The number of anilines is 1. The standard InChI is InChI=1S/C21H28FN5O3/c1-12-8-14(22)10-16(26-20(29)30-21(2,3)4)15-9-13(6-7-23-15)18-17(25-19(12)28)11-24-27(18)5/h6-7,9,11-12,14,16H,8,10H2,1-5H3,(H,25,28)(H,26,29)/t12-,14?,16+/m1/s1. The molecule has 0 aliphatic carbocycles. The Morgan fingerprint density at radius 3 is 2.80 bits per heavy atom. The fourth-order valence-corrected chi connectivity index (χ4v) is 3.46. The first-order chi connectivity index (χ1) is 14.0. The third kappa shape index (κ3) is 5.14. The Labute approximate surface area is 175 Å². The molecule has 0 aromatic carbocycles. The molecule has 0 radical (unpaired) electrons. The van der Waals surface area contributed by atoms with Crippen molar-refractivity contribution in [3.05, 3.63) is 30.2 Å². The predicted molar refractivity (Wildman–Crippen MR) is 110 cm³/mol. The van der Waals surface area contributed by atoms with Crippen LogP contribution in [-0.2, 0) is 16.6 Å². The van der Waals surface area contributed by atoms with Crippen LogP contribution in [0.1, 0.15) is 52.3 Å². The van der Waals surface area contributed by atoms with E-state index in [4.69, 9.17) is 4.74 Å². The average molecular weight is 417 g/mol. The van der Waals surface area contributed by atoms with Gasteiger partial charge < -0.3 is 15.4 Å². The van der Waals surface area contributed by atoms with Crippen molar-refractivity contribution in [2.75, 3.05) is 5.32 Å². The van der Waals surface area contributed by atoms with Crippen LogP contribution in [0.5, 0.6) is 0 Å². The summed E-state index contributed by atoms with van der Waals surface area (Å²) in [6.45, 7) is 6.95. The molecule has 0 spiro atoms. The number of nitrogens with one attached hydrogen (secondary N) is 2. The molecule has 3 atom stereocenters. The molecular weight excluding hydrogens is 389 g/mol. The summed E-state index contributed by atoms with van der Waals surface area (Å²) in [5, 5.41) is 9.83. The second kappa shape index (κ2) is 8.41. The zero-order valence-corrected chi connectivity index (χ0v) is 17.9. The number of halogens is 1. The Kier molecular flexibility index (Phi) is 6.09. The SMILES string of the molecule is C[C@@H]1CC(F)C[C@H](NC(=O)OC(C)(C)C)c2cc(ccn2)-c2c(cnn2C)NC1=O. The number of pyridine rings is 1. The lowest BCUT2D eigenvalue weighted by atomic mass is 9.96. The van der Waals surface area contributed by atoms with E-state index in [1.54, 1.807) is 64.0 Å². The normalized spacial score (nSPS) is 22.2. The van der Waals surface area contributed by atoms with Gasteiger partial charge in [-0.1, -0.05) is 6.92 Å². The lowest BCUT2D eigenvalue weighted by molar-refractivity contribution is -0.120. The minimum Gasteiger partial charge on any atom is -0.444 e. The number of rotatable bonds is 1. The summed E-state index contributed by atoms with van der Waals surface area (Å²) >= 11 is 0. The summed E-state index contributed by atoms with van der Waals surface area (Å²) in [5.41, 5.74) is 1.81. The van der Waals surface area contributed by atoms with E-state index in [-0.39, 0.29) is 18.7 Å². The van der Waals surface area contributed by atoms with Gasteiger partial charge in [0.15, 0.2) is 0 Å². The molecule has 1 unspecified atom stereocenters. The highest BCUT2D eigenvalue weighted by molar-refractivity contribution is 5.95. The Morgan fingerprint density at radius 2 is 2.10 bits per heavy atom. The number of hydrogen-bond donors (Lipinski definition) is 2. The molecule has 1 aliphatic rings. The van der Waals surface area contributed by atoms with E-state index in [0.717, 1.165) is 5.56 Å². The molecule has 0 saturated carbocycles. The van der Waals surface area contributed by atoms with Crippen molar-refractivity contribution in [3.8, 4) is 11.3 Å². The molecule has 2 N–H and O–H groups in total. The van der Waals surface area contributed by atoms with Gasteiger partial charge in [0, 0.05) is 31.1 Å². The highest BCUT2D eigenvalue weighted by Gasteiger charge is 2.28. The number of aromatic nitrogens is 3. The van der Waals surface area contributed by atoms with Gasteiger partial charge >= 0.3 is 6.09 Å². The van der Waals surface area contributed by atoms with Crippen LogP contribution in [0.15, 0.2) is 24.5 Å². The number of alkyl carbamates (subject to hydrolysis) is 1. The number of ether oxygens (including phenoxy) is 1. The first kappa shape index (κ1) is 21.7. The zero-order valence-electron chi connectivity index (χ0n) is 17.9. The van der Waals surface area contributed by atoms with Crippen molar-refractivity contribution < 1.29 is 18.7 Å². The molecular formula is C21H28FN5O3. The average Bonchev–Trinajstić information content (AvgIpc) is 2.99. The van der Waals surface area contributed by atoms with E-state index < -0.39 is 29.8 Å². The molecule has 2 aromatic rings. The van der Waals surface area contributed by atoms with Gasteiger partial charge in [0.25, 0.3) is 0 Å². The molecule has 9 heteroatoms. The van der Waals surface area contributed by atoms with Crippen molar-refractivity contribution in [2.24, 2.45) is 13.0 Å². The van der Waals surface area contributed by atoms with Crippen LogP contribution in [0.3, 0.4) is 0 Å². The zero-order chi connectivity index (χ0) is 22.1. The number of amides is 2. The molecule has 1 aliphatic heterocycles. The van der Waals surface area contributed by atoms with Crippen LogP contribution in [0.25, 0.3) is 11.3 Å². The fraction of sp³-hybridized carbons (Fsp3) is 0.524. The van der Waals surface area contributed by atoms with Gasteiger partial charge in [-0.05, 0) is 39.3 Å². The predicted octanol–water partition coefficient (Wildman–Crippen LogP) is 3.75. The number of carbonyl (C=O) groups is 2. The third-order valence-corrected chi connectivity index (χ3v) is 4.85. The lowest BCUT2D eigenvalue weighted by Gasteiger charge is -2.25. The van der Waals surface area contributed by atoms with Crippen LogP contribution in [-0.4, -0.2) is 38.5 Å². The maximum atomic E-state index is 14.9. The minimum atomic E-state index is -1.32. The highest BCUT2D eigenvalue weighted by Crippen LogP contribution is 2.32. The quantitative estimate of drug-likeness (QED) is 0.736. The molecule has 2 bridgehead atoms. The molecule has 0 fully saturated rings. The van der Waals surface area contributed by atoms with E-state index >= 15 is 0 Å². The summed E-state index contributed by atoms with van der Waals surface area (Å²) in [5.74, 6) is -0.834. The van der Waals surface area contributed by atoms with Crippen molar-refractivity contribution in [3.63, 3.8) is 0 Å². The first-order valence-corrected chi connectivity index (χ1v) is 9.96. The number of aryl methyl sites for hydroxylation is 1. The molecule has 2 amide bonds. The molecule has 162 valence electrons. The van der Waals surface area contributed by atoms with Gasteiger partial charge in [0.05, 0.1) is 29.3 Å².